The zero-order valence-electron chi connectivity index (χ0n) is 4.29. The molecule has 1 rings (SSSR count). The van der Waals surface area contributed by atoms with Crippen LogP contribution in [0.2, 0.25) is 0 Å². The van der Waals surface area contributed by atoms with Crippen LogP contribution in [-0.2, 0) is 0 Å². The Kier molecular flexibility index (Phi) is 1.76. The van der Waals surface area contributed by atoms with Gasteiger partial charge < -0.3 is 0 Å². The highest BCUT2D eigenvalue weighted by Gasteiger charge is 1.96. The molecule has 0 saturated carbocycles. The van der Waals surface area contributed by atoms with E-state index in [4.69, 9.17) is 5.26 Å². The molecule has 0 N–H and O–H groups in total. The van der Waals surface area contributed by atoms with Gasteiger partial charge >= 0.3 is 0 Å². The fourth-order valence-electron chi connectivity index (χ4n) is 0.443. The Balaban J connectivity index is 2.36. The quantitative estimate of drug-likeness (QED) is 0.498. The van der Waals surface area contributed by atoms with E-state index in [2.05, 4.69) is 6.08 Å². The van der Waals surface area contributed by atoms with Gasteiger partial charge in [-0.25, -0.2) is 0 Å². The molecular weight excluding hydrogens is 118 g/mol. The molecule has 0 amide bonds. The van der Waals surface area contributed by atoms with Gasteiger partial charge in [-0.3, -0.25) is 0 Å². The number of rotatable bonds is 1. The maximum Gasteiger partial charge on any atom is 0.137 e. The van der Waals surface area contributed by atoms with Crippen molar-refractivity contribution in [3.63, 3.8) is 0 Å². The smallest absolute Gasteiger partial charge is 0.137 e. The maximum atomic E-state index is 8.08. The molecule has 2 heteroatoms. The summed E-state index contributed by atoms with van der Waals surface area (Å²) in [7, 11) is 0. The van der Waals surface area contributed by atoms with Gasteiger partial charge in [0.1, 0.15) is 5.40 Å². The fourth-order valence-corrected chi connectivity index (χ4v) is 0.822. The normalized spacial score (nSPS) is 20.1. The van der Waals surface area contributed by atoms with Crippen molar-refractivity contribution < 1.29 is 0 Å². The largest absolute Gasteiger partial charge is 0.185 e. The summed E-state index contributed by atoms with van der Waals surface area (Å²) in [4.78, 5) is 0. The summed E-state index contributed by atoms with van der Waals surface area (Å²) in [6.45, 7) is 0. The Morgan fingerprint density at radius 1 is 1.88 bits per heavy atom. The van der Waals surface area contributed by atoms with Gasteiger partial charge in [-0.05, 0) is 29.2 Å². The number of hydrogen-bond donors (Lipinski definition) is 0. The molecule has 0 fully saturated rings. The van der Waals surface area contributed by atoms with E-state index in [1.165, 1.54) is 17.3 Å². The average Bonchev–Trinajstić information content (AvgIpc) is 1.63. The third-order valence-electron chi connectivity index (χ3n) is 0.948. The van der Waals surface area contributed by atoms with Crippen LogP contribution in [0.4, 0.5) is 0 Å². The lowest BCUT2D eigenvalue weighted by Gasteiger charge is -2.02. The summed E-state index contributed by atoms with van der Waals surface area (Å²) >= 11 is 1.18. The van der Waals surface area contributed by atoms with Crippen LogP contribution >= 0.6 is 11.8 Å². The van der Waals surface area contributed by atoms with E-state index in [0.29, 0.717) is 0 Å². The van der Waals surface area contributed by atoms with Gasteiger partial charge in [0.2, 0.25) is 0 Å². The van der Waals surface area contributed by atoms with Gasteiger partial charge in [0.05, 0.1) is 0 Å². The van der Waals surface area contributed by atoms with E-state index in [0.717, 1.165) is 6.42 Å². The first-order valence-electron chi connectivity index (χ1n) is 2.34. The number of nitrogens with zero attached hydrogens (tertiary/aromatic N) is 1. The molecule has 0 aliphatic heterocycles. The van der Waals surface area contributed by atoms with Crippen LogP contribution in [0.5, 0.6) is 0 Å². The highest BCUT2D eigenvalue weighted by Crippen LogP contribution is 2.18. The van der Waals surface area contributed by atoms with Crippen LogP contribution in [0.25, 0.3) is 0 Å². The number of nitriles is 1. The van der Waals surface area contributed by atoms with E-state index < -0.39 is 0 Å². The lowest BCUT2D eigenvalue weighted by atomic mass is 10.1. The number of hydrogen-bond acceptors (Lipinski definition) is 2. The third-order valence-corrected chi connectivity index (χ3v) is 1.47. The minimum absolute atomic E-state index is 1.04. The van der Waals surface area contributed by atoms with Gasteiger partial charge in [-0.15, -0.1) is 0 Å². The first kappa shape index (κ1) is 5.46. The van der Waals surface area contributed by atoms with Crippen LogP contribution < -0.4 is 0 Å². The summed E-state index contributed by atoms with van der Waals surface area (Å²) in [6, 6.07) is 0. The maximum absolute atomic E-state index is 8.08. The van der Waals surface area contributed by atoms with Crippen molar-refractivity contribution in [3.05, 3.63) is 23.1 Å². The topological polar surface area (TPSA) is 23.8 Å². The first-order chi connectivity index (χ1) is 3.93. The molecule has 0 radical (unpaired) electrons. The average molecular weight is 123 g/mol. The van der Waals surface area contributed by atoms with Crippen LogP contribution in [0.1, 0.15) is 6.42 Å². The highest BCUT2D eigenvalue weighted by atomic mass is 32.2. The minimum Gasteiger partial charge on any atom is -0.185 e. The van der Waals surface area contributed by atoms with Gasteiger partial charge in [-0.1, -0.05) is 12.2 Å². The molecule has 0 aromatic carbocycles. The summed E-state index contributed by atoms with van der Waals surface area (Å²) < 4.78 is 0. The van der Waals surface area contributed by atoms with Gasteiger partial charge in [-0.2, -0.15) is 5.26 Å². The second-order valence-corrected chi connectivity index (χ2v) is 2.16. The third kappa shape index (κ3) is 1.14. The second kappa shape index (κ2) is 2.58. The number of thiocyanates is 1. The lowest BCUT2D eigenvalue weighted by Crippen LogP contribution is -1.82. The first-order valence-corrected chi connectivity index (χ1v) is 3.22. The molecule has 0 aromatic rings. The Hall–Kier alpha value is -0.680. The highest BCUT2D eigenvalue weighted by molar-refractivity contribution is 8.06. The zero-order valence-corrected chi connectivity index (χ0v) is 5.11. The summed E-state index contributed by atoms with van der Waals surface area (Å²) in [5.41, 5.74) is 1.26. The fraction of sp³-hybridized carbons (Fsp3) is 0.167. The van der Waals surface area contributed by atoms with Crippen molar-refractivity contribution in [2.75, 3.05) is 0 Å². The predicted molar refractivity (Wildman–Crippen MR) is 35.0 cm³/mol. The van der Waals surface area contributed by atoms with Crippen LogP contribution in [0, 0.1) is 10.7 Å². The van der Waals surface area contributed by atoms with Crippen molar-refractivity contribution >= 4 is 11.8 Å². The molecule has 0 saturated heterocycles. The second-order valence-electron chi connectivity index (χ2n) is 1.51. The molecule has 1 aliphatic rings. The number of thioether (sulfide) groups is 1. The van der Waals surface area contributed by atoms with Crippen molar-refractivity contribution in [1.82, 2.24) is 0 Å². The molecular formula is C6H5NS. The zero-order chi connectivity index (χ0) is 5.82. The molecule has 1 aliphatic carbocycles. The van der Waals surface area contributed by atoms with E-state index in [1.54, 1.807) is 0 Å². The SMILES string of the molecule is N#CS/C=C1/C=CC1. The molecule has 1 nitrogen and oxygen atoms in total. The van der Waals surface area contributed by atoms with Crippen molar-refractivity contribution in [3.8, 4) is 5.40 Å². The summed E-state index contributed by atoms with van der Waals surface area (Å²) in [6.07, 6.45) is 5.13. The van der Waals surface area contributed by atoms with E-state index in [-0.39, 0.29) is 0 Å². The predicted octanol–water partition coefficient (Wildman–Crippen LogP) is 2.04. The van der Waals surface area contributed by atoms with Crippen LogP contribution in [0.3, 0.4) is 0 Å². The van der Waals surface area contributed by atoms with Crippen molar-refractivity contribution in [2.24, 2.45) is 0 Å². The van der Waals surface area contributed by atoms with Gasteiger partial charge in [0.25, 0.3) is 0 Å². The standard InChI is InChI=1S/C6H5NS/c7-5-8-4-6-2-1-3-6/h1-2,4H,3H2/b6-4-. The lowest BCUT2D eigenvalue weighted by molar-refractivity contribution is 1.20. The summed E-state index contributed by atoms with van der Waals surface area (Å²) in [5.74, 6) is 0. The minimum atomic E-state index is 1.04. The Morgan fingerprint density at radius 2 is 2.62 bits per heavy atom. The van der Waals surface area contributed by atoms with Gasteiger partial charge in [0.15, 0.2) is 0 Å². The summed E-state index contributed by atoms with van der Waals surface area (Å²) in [5, 5.41) is 11.9. The van der Waals surface area contributed by atoms with E-state index in [1.807, 2.05) is 16.9 Å². The van der Waals surface area contributed by atoms with Crippen molar-refractivity contribution in [1.29, 1.82) is 5.26 Å². The molecule has 0 spiro atoms. The number of allylic oxidation sites excluding steroid dienone is 3. The van der Waals surface area contributed by atoms with Gasteiger partial charge in [0, 0.05) is 0 Å². The van der Waals surface area contributed by atoms with Crippen LogP contribution in [0.15, 0.2) is 23.1 Å². The monoisotopic (exact) mass is 123 g/mol. The Morgan fingerprint density at radius 3 is 3.00 bits per heavy atom. The molecule has 0 atom stereocenters. The molecule has 0 aromatic heterocycles. The van der Waals surface area contributed by atoms with E-state index >= 15 is 0 Å². The molecule has 8 heavy (non-hydrogen) atoms. The molecule has 0 heterocycles. The van der Waals surface area contributed by atoms with E-state index in [9.17, 15) is 0 Å². The molecule has 0 bridgehead atoms. The molecule has 0 unspecified atom stereocenters. The Bertz CT molecular complexity index is 173. The van der Waals surface area contributed by atoms with Crippen LogP contribution in [-0.4, -0.2) is 0 Å². The Labute approximate surface area is 52.7 Å². The molecule has 40 valence electrons. The van der Waals surface area contributed by atoms with Crippen molar-refractivity contribution in [2.45, 2.75) is 6.42 Å².